The van der Waals surface area contributed by atoms with Gasteiger partial charge < -0.3 is 19.8 Å². The monoisotopic (exact) mass is 373 g/mol. The van der Waals surface area contributed by atoms with Crippen LogP contribution < -0.4 is 14.8 Å². The Morgan fingerprint density at radius 1 is 1.07 bits per heavy atom. The summed E-state index contributed by atoms with van der Waals surface area (Å²) in [5, 5.41) is 3.92. The van der Waals surface area contributed by atoms with Crippen molar-refractivity contribution in [2.24, 2.45) is 0 Å². The number of carbonyl (C=O) groups excluding carboxylic acids is 1. The second-order valence-electron chi connectivity index (χ2n) is 6.18. The van der Waals surface area contributed by atoms with Crippen molar-refractivity contribution in [2.45, 2.75) is 6.54 Å². The number of hydrogen-bond donors (Lipinski definition) is 2. The van der Waals surface area contributed by atoms with Gasteiger partial charge in [0.05, 0.1) is 7.11 Å². The predicted octanol–water partition coefficient (Wildman–Crippen LogP) is 4.29. The van der Waals surface area contributed by atoms with E-state index in [0.717, 1.165) is 16.5 Å². The fourth-order valence-corrected chi connectivity index (χ4v) is 2.93. The Balaban J connectivity index is 1.50. The lowest BCUT2D eigenvalue weighted by Crippen LogP contribution is -2.23. The Bertz CT molecular complexity index is 1120. The number of ether oxygens (including phenoxy) is 2. The smallest absolute Gasteiger partial charge is 0.251 e. The van der Waals surface area contributed by atoms with Gasteiger partial charge in [0.25, 0.3) is 5.91 Å². The highest BCUT2D eigenvalue weighted by atomic mass is 16.5. The molecule has 1 amide bonds. The van der Waals surface area contributed by atoms with E-state index < -0.39 is 0 Å². The van der Waals surface area contributed by atoms with E-state index in [2.05, 4.69) is 15.3 Å². The number of aromatic amines is 1. The van der Waals surface area contributed by atoms with Gasteiger partial charge >= 0.3 is 0 Å². The topological polar surface area (TPSA) is 76.2 Å². The highest BCUT2D eigenvalue weighted by molar-refractivity contribution is 5.98. The molecule has 0 radical (unpaired) electrons. The first-order chi connectivity index (χ1) is 13.7. The molecule has 140 valence electrons. The number of aromatic nitrogens is 2. The number of H-pyrrole nitrogens is 1. The molecule has 6 heteroatoms. The second kappa shape index (κ2) is 7.84. The zero-order valence-electron chi connectivity index (χ0n) is 15.3. The fourth-order valence-electron chi connectivity index (χ4n) is 2.93. The lowest BCUT2D eigenvalue weighted by molar-refractivity contribution is 0.0951. The van der Waals surface area contributed by atoms with Crippen molar-refractivity contribution in [2.75, 3.05) is 7.11 Å². The van der Waals surface area contributed by atoms with Crippen LogP contribution in [0.25, 0.3) is 10.9 Å². The molecule has 0 bridgehead atoms. The van der Waals surface area contributed by atoms with E-state index in [1.165, 1.54) is 0 Å². The molecule has 0 aliphatic carbocycles. The van der Waals surface area contributed by atoms with Crippen LogP contribution in [0.2, 0.25) is 0 Å². The van der Waals surface area contributed by atoms with Crippen molar-refractivity contribution in [1.29, 1.82) is 0 Å². The van der Waals surface area contributed by atoms with Crippen molar-refractivity contribution in [3.63, 3.8) is 0 Å². The van der Waals surface area contributed by atoms with Gasteiger partial charge in [-0.1, -0.05) is 18.2 Å². The van der Waals surface area contributed by atoms with E-state index in [9.17, 15) is 4.79 Å². The average molecular weight is 373 g/mol. The summed E-state index contributed by atoms with van der Waals surface area (Å²) in [7, 11) is 1.59. The Morgan fingerprint density at radius 3 is 2.79 bits per heavy atom. The van der Waals surface area contributed by atoms with Gasteiger partial charge in [-0.25, -0.2) is 4.98 Å². The summed E-state index contributed by atoms with van der Waals surface area (Å²) in [6.45, 7) is 0.294. The Labute approximate surface area is 162 Å². The first kappa shape index (κ1) is 17.6. The van der Waals surface area contributed by atoms with Crippen LogP contribution in [0, 0.1) is 0 Å². The third kappa shape index (κ3) is 3.66. The molecular formula is C22H19N3O3. The number of amides is 1. The summed E-state index contributed by atoms with van der Waals surface area (Å²) in [6.07, 6.45) is 3.50. The largest absolute Gasteiger partial charge is 0.493 e. The molecule has 0 saturated carbocycles. The number of pyridine rings is 1. The number of rotatable bonds is 6. The zero-order chi connectivity index (χ0) is 19.3. The molecule has 4 rings (SSSR count). The average Bonchev–Trinajstić information content (AvgIpc) is 3.21. The first-order valence-electron chi connectivity index (χ1n) is 8.85. The molecular weight excluding hydrogens is 354 g/mol. The lowest BCUT2D eigenvalue weighted by Gasteiger charge is -2.13. The third-order valence-electron chi connectivity index (χ3n) is 4.38. The minimum absolute atomic E-state index is 0.157. The molecule has 6 nitrogen and oxygen atoms in total. The quantitative estimate of drug-likeness (QED) is 0.528. The normalized spacial score (nSPS) is 10.6. The van der Waals surface area contributed by atoms with E-state index in [-0.39, 0.29) is 5.91 Å². The molecule has 4 aromatic rings. The molecule has 2 heterocycles. The molecule has 0 aliphatic heterocycles. The number of hydrogen-bond acceptors (Lipinski definition) is 4. The summed E-state index contributed by atoms with van der Waals surface area (Å²) >= 11 is 0. The van der Waals surface area contributed by atoms with Crippen molar-refractivity contribution >= 4 is 16.8 Å². The van der Waals surface area contributed by atoms with Crippen molar-refractivity contribution < 1.29 is 14.3 Å². The molecule has 0 spiro atoms. The van der Waals surface area contributed by atoms with Crippen LogP contribution in [-0.4, -0.2) is 23.0 Å². The van der Waals surface area contributed by atoms with E-state index in [1.807, 2.05) is 60.8 Å². The van der Waals surface area contributed by atoms with Gasteiger partial charge in [0, 0.05) is 41.0 Å². The van der Waals surface area contributed by atoms with E-state index in [0.29, 0.717) is 29.5 Å². The predicted molar refractivity (Wildman–Crippen MR) is 107 cm³/mol. The number of nitrogens with zero attached hydrogens (tertiary/aromatic N) is 1. The van der Waals surface area contributed by atoms with Crippen LogP contribution in [0.3, 0.4) is 0 Å². The zero-order valence-corrected chi connectivity index (χ0v) is 15.3. The molecule has 0 unspecified atom stereocenters. The highest BCUT2D eigenvalue weighted by Crippen LogP contribution is 2.31. The van der Waals surface area contributed by atoms with Gasteiger partial charge in [-0.15, -0.1) is 0 Å². The van der Waals surface area contributed by atoms with E-state index in [4.69, 9.17) is 9.47 Å². The number of nitrogens with one attached hydrogen (secondary N) is 2. The first-order valence-corrected chi connectivity index (χ1v) is 8.85. The summed E-state index contributed by atoms with van der Waals surface area (Å²) < 4.78 is 11.2. The van der Waals surface area contributed by atoms with Crippen LogP contribution in [-0.2, 0) is 6.54 Å². The summed E-state index contributed by atoms with van der Waals surface area (Å²) in [5.41, 5.74) is 2.36. The van der Waals surface area contributed by atoms with Crippen molar-refractivity contribution in [1.82, 2.24) is 15.3 Å². The van der Waals surface area contributed by atoms with Gasteiger partial charge in [-0.3, -0.25) is 4.79 Å². The van der Waals surface area contributed by atoms with E-state index in [1.54, 1.807) is 19.4 Å². The molecule has 2 aromatic heterocycles. The van der Waals surface area contributed by atoms with Crippen LogP contribution in [0.15, 0.2) is 73.1 Å². The molecule has 0 saturated heterocycles. The molecule has 2 N–H and O–H groups in total. The van der Waals surface area contributed by atoms with Gasteiger partial charge in [0.1, 0.15) is 0 Å². The Hall–Kier alpha value is -3.80. The molecule has 0 atom stereocenters. The molecule has 28 heavy (non-hydrogen) atoms. The van der Waals surface area contributed by atoms with Gasteiger partial charge in [-0.05, 0) is 42.5 Å². The standard InChI is InChI=1S/C22H19N3O3/c1-27-19-6-2-3-7-20(19)28-22-17(5-4-11-24-22)14-25-21(26)16-8-9-18-15(13-16)10-12-23-18/h2-13,23H,14H2,1H3,(H,25,26). The third-order valence-corrected chi connectivity index (χ3v) is 4.38. The molecule has 0 fully saturated rings. The van der Waals surface area contributed by atoms with Crippen molar-refractivity contribution in [3.8, 4) is 17.4 Å². The molecule has 0 aliphatic rings. The number of para-hydroxylation sites is 2. The number of benzene rings is 2. The highest BCUT2D eigenvalue weighted by Gasteiger charge is 2.12. The number of methoxy groups -OCH3 is 1. The number of fused-ring (bicyclic) bond motifs is 1. The van der Waals surface area contributed by atoms with Crippen LogP contribution >= 0.6 is 0 Å². The van der Waals surface area contributed by atoms with Crippen LogP contribution in [0.5, 0.6) is 17.4 Å². The minimum Gasteiger partial charge on any atom is -0.493 e. The maximum absolute atomic E-state index is 12.6. The van der Waals surface area contributed by atoms with Gasteiger partial charge in [-0.2, -0.15) is 0 Å². The van der Waals surface area contributed by atoms with Crippen LogP contribution in [0.4, 0.5) is 0 Å². The Morgan fingerprint density at radius 2 is 1.93 bits per heavy atom. The summed E-state index contributed by atoms with van der Waals surface area (Å²) in [5.74, 6) is 1.45. The minimum atomic E-state index is -0.157. The summed E-state index contributed by atoms with van der Waals surface area (Å²) in [4.78, 5) is 20.0. The van der Waals surface area contributed by atoms with Crippen molar-refractivity contribution in [3.05, 3.63) is 84.2 Å². The fraction of sp³-hybridized carbons (Fsp3) is 0.0909. The van der Waals surface area contributed by atoms with Gasteiger partial charge in [0.2, 0.25) is 5.88 Å². The Kier molecular flexibility index (Phi) is 4.93. The number of carbonyl (C=O) groups is 1. The van der Waals surface area contributed by atoms with Crippen LogP contribution in [0.1, 0.15) is 15.9 Å². The maximum Gasteiger partial charge on any atom is 0.251 e. The van der Waals surface area contributed by atoms with Gasteiger partial charge in [0.15, 0.2) is 11.5 Å². The second-order valence-corrected chi connectivity index (χ2v) is 6.18. The SMILES string of the molecule is COc1ccccc1Oc1ncccc1CNC(=O)c1ccc2[nH]ccc2c1. The maximum atomic E-state index is 12.6. The molecule has 2 aromatic carbocycles. The van der Waals surface area contributed by atoms with E-state index >= 15 is 0 Å². The lowest BCUT2D eigenvalue weighted by atomic mass is 10.1. The summed E-state index contributed by atoms with van der Waals surface area (Å²) in [6, 6.07) is 18.5.